The van der Waals surface area contributed by atoms with Crippen molar-refractivity contribution < 1.29 is 18.7 Å². The first-order chi connectivity index (χ1) is 14.2. The average Bonchev–Trinajstić information content (AvgIpc) is 2.64. The quantitative estimate of drug-likeness (QED) is 0.289. The summed E-state index contributed by atoms with van der Waals surface area (Å²) in [5.41, 5.74) is 2.30. The highest BCUT2D eigenvalue weighted by Gasteiger charge is 2.37. The van der Waals surface area contributed by atoms with Crippen LogP contribution in [0.1, 0.15) is 52.7 Å². The van der Waals surface area contributed by atoms with Crippen molar-refractivity contribution in [1.82, 2.24) is 0 Å². The number of hydrogen-bond donors (Lipinski definition) is 0. The van der Waals surface area contributed by atoms with Crippen molar-refractivity contribution in [3.8, 4) is 0 Å². The second kappa shape index (κ2) is 10.1. The zero-order valence-corrected chi connectivity index (χ0v) is 22.1. The number of nitrogens with zero attached hydrogens (tertiary/aromatic N) is 1. The van der Waals surface area contributed by atoms with Crippen molar-refractivity contribution >= 4 is 37.7 Å². The fourth-order valence-electron chi connectivity index (χ4n) is 2.92. The molecule has 0 unspecified atom stereocenters. The van der Waals surface area contributed by atoms with Crippen LogP contribution in [0.2, 0.25) is 23.2 Å². The molecule has 0 aromatic heterocycles. The lowest BCUT2D eigenvalue weighted by Crippen LogP contribution is -2.40. The summed E-state index contributed by atoms with van der Waals surface area (Å²) in [5.74, 6) is -0.366. The van der Waals surface area contributed by atoms with E-state index in [1.165, 1.54) is 6.08 Å². The van der Waals surface area contributed by atoms with Crippen LogP contribution in [0.25, 0.3) is 6.08 Å². The molecule has 31 heavy (non-hydrogen) atoms. The normalized spacial score (nSPS) is 16.1. The van der Waals surface area contributed by atoms with Gasteiger partial charge in [0.05, 0.1) is 19.8 Å². The van der Waals surface area contributed by atoms with E-state index in [1.54, 1.807) is 0 Å². The first-order valence-corrected chi connectivity index (χ1v) is 14.2. The number of hydrogen-bond acceptors (Lipinski definition) is 5. The van der Waals surface area contributed by atoms with E-state index >= 15 is 0 Å². The highest BCUT2D eigenvalue weighted by molar-refractivity contribution is 6.74. The van der Waals surface area contributed by atoms with Crippen molar-refractivity contribution in [3.05, 3.63) is 34.4 Å². The number of esters is 1. The molecule has 174 valence electrons. The van der Waals surface area contributed by atoms with Gasteiger partial charge in [0.15, 0.2) is 8.32 Å². The molecule has 0 saturated carbocycles. The monoisotopic (exact) mass is 467 g/mol. The van der Waals surface area contributed by atoms with Crippen LogP contribution < -0.4 is 4.90 Å². The summed E-state index contributed by atoms with van der Waals surface area (Å²) in [4.78, 5) is 14.5. The topological polar surface area (TPSA) is 48.0 Å². The summed E-state index contributed by atoms with van der Waals surface area (Å²) in [6, 6.07) is 4.01. The van der Waals surface area contributed by atoms with Gasteiger partial charge in [-0.1, -0.05) is 32.4 Å². The Kier molecular flexibility index (Phi) is 8.42. The highest BCUT2D eigenvalue weighted by atomic mass is 35.5. The van der Waals surface area contributed by atoms with Gasteiger partial charge in [0.25, 0.3) is 0 Å². The first kappa shape index (κ1) is 25.9. The van der Waals surface area contributed by atoms with Crippen molar-refractivity contribution in [3.63, 3.8) is 0 Å². The second-order valence-corrected chi connectivity index (χ2v) is 15.7. The first-order valence-electron chi connectivity index (χ1n) is 10.9. The predicted octanol–water partition coefficient (Wildman–Crippen LogP) is 6.05. The largest absolute Gasteiger partial charge is 0.457 e. The SMILES string of the molecule is CC(C)(C)OC(=O)/C=C/c1cc(CO[Si](C)(C)C(C)(C)C)c(Cl)cc1N1CCOCC1. The molecule has 0 bridgehead atoms. The van der Waals surface area contributed by atoms with Gasteiger partial charge in [-0.15, -0.1) is 0 Å². The fraction of sp³-hybridized carbons (Fsp3) is 0.625. The Balaban J connectivity index is 2.34. The van der Waals surface area contributed by atoms with Crippen LogP contribution in [0, 0.1) is 0 Å². The van der Waals surface area contributed by atoms with Gasteiger partial charge in [-0.05, 0) is 68.2 Å². The van der Waals surface area contributed by atoms with E-state index in [1.807, 2.05) is 39.0 Å². The lowest BCUT2D eigenvalue weighted by molar-refractivity contribution is -0.148. The highest BCUT2D eigenvalue weighted by Crippen LogP contribution is 2.38. The van der Waals surface area contributed by atoms with Gasteiger partial charge in [-0.25, -0.2) is 4.79 Å². The summed E-state index contributed by atoms with van der Waals surface area (Å²) in [6.45, 7) is 20.0. The van der Waals surface area contributed by atoms with E-state index in [2.05, 4.69) is 38.8 Å². The maximum absolute atomic E-state index is 12.3. The molecule has 2 rings (SSSR count). The van der Waals surface area contributed by atoms with Gasteiger partial charge < -0.3 is 18.8 Å². The predicted molar refractivity (Wildman–Crippen MR) is 131 cm³/mol. The summed E-state index contributed by atoms with van der Waals surface area (Å²) in [7, 11) is -1.91. The number of ether oxygens (including phenoxy) is 2. The molecule has 0 amide bonds. The zero-order valence-electron chi connectivity index (χ0n) is 20.3. The second-order valence-electron chi connectivity index (χ2n) is 10.5. The van der Waals surface area contributed by atoms with Crippen molar-refractivity contribution in [2.24, 2.45) is 0 Å². The van der Waals surface area contributed by atoms with Crippen molar-refractivity contribution in [2.75, 3.05) is 31.2 Å². The summed E-state index contributed by atoms with van der Waals surface area (Å²) in [6.07, 6.45) is 3.29. The third-order valence-electron chi connectivity index (χ3n) is 5.75. The molecule has 1 aromatic rings. The summed E-state index contributed by atoms with van der Waals surface area (Å²) >= 11 is 6.68. The van der Waals surface area contributed by atoms with Crippen LogP contribution in [-0.4, -0.2) is 46.2 Å². The van der Waals surface area contributed by atoms with Crippen molar-refractivity contribution in [1.29, 1.82) is 0 Å². The van der Waals surface area contributed by atoms with Gasteiger partial charge in [-0.3, -0.25) is 0 Å². The van der Waals surface area contributed by atoms with E-state index in [9.17, 15) is 4.79 Å². The molecular formula is C24H38ClNO4Si. The third-order valence-corrected chi connectivity index (χ3v) is 10.6. The Bertz CT molecular complexity index is 803. The Labute approximate surface area is 193 Å². The van der Waals surface area contributed by atoms with Gasteiger partial charge in [-0.2, -0.15) is 0 Å². The van der Waals surface area contributed by atoms with Gasteiger partial charge in [0, 0.05) is 29.9 Å². The smallest absolute Gasteiger partial charge is 0.331 e. The Morgan fingerprint density at radius 1 is 1.16 bits per heavy atom. The molecule has 1 aliphatic heterocycles. The molecule has 0 radical (unpaired) electrons. The Morgan fingerprint density at radius 3 is 2.32 bits per heavy atom. The molecular weight excluding hydrogens is 430 g/mol. The molecule has 0 spiro atoms. The number of morpholine rings is 1. The maximum atomic E-state index is 12.3. The molecule has 0 aliphatic carbocycles. The minimum atomic E-state index is -1.91. The minimum Gasteiger partial charge on any atom is -0.457 e. The van der Waals surface area contributed by atoms with Crippen LogP contribution in [-0.2, 0) is 25.3 Å². The molecule has 0 N–H and O–H groups in total. The van der Waals surface area contributed by atoms with E-state index in [4.69, 9.17) is 25.5 Å². The van der Waals surface area contributed by atoms with Crippen LogP contribution in [0.4, 0.5) is 5.69 Å². The molecule has 1 heterocycles. The summed E-state index contributed by atoms with van der Waals surface area (Å²) < 4.78 is 17.3. The fourth-order valence-corrected chi connectivity index (χ4v) is 4.08. The number of carbonyl (C=O) groups excluding carboxylic acids is 1. The standard InChI is InChI=1S/C24H38ClNO4Si/c1-23(2,3)30-22(27)10-9-18-15-19(17-29-31(7,8)24(4,5)6)20(25)16-21(18)26-11-13-28-14-12-26/h9-10,15-16H,11-14,17H2,1-8H3/b10-9+. The Hall–Kier alpha value is -1.34. The van der Waals surface area contributed by atoms with Gasteiger partial charge >= 0.3 is 5.97 Å². The molecule has 1 fully saturated rings. The van der Waals surface area contributed by atoms with Gasteiger partial charge in [0.1, 0.15) is 5.60 Å². The van der Waals surface area contributed by atoms with E-state index < -0.39 is 13.9 Å². The minimum absolute atomic E-state index is 0.118. The molecule has 7 heteroatoms. The molecule has 5 nitrogen and oxygen atoms in total. The van der Waals surface area contributed by atoms with Gasteiger partial charge in [0.2, 0.25) is 0 Å². The zero-order chi connectivity index (χ0) is 23.4. The van der Waals surface area contributed by atoms with E-state index in [0.717, 1.165) is 29.9 Å². The molecule has 1 aromatic carbocycles. The third kappa shape index (κ3) is 7.63. The molecule has 1 saturated heterocycles. The number of anilines is 1. The van der Waals surface area contributed by atoms with E-state index in [0.29, 0.717) is 24.8 Å². The number of benzene rings is 1. The average molecular weight is 468 g/mol. The lowest BCUT2D eigenvalue weighted by atomic mass is 10.1. The van der Waals surface area contributed by atoms with Crippen LogP contribution in [0.15, 0.2) is 18.2 Å². The number of halogens is 1. The summed E-state index contributed by atoms with van der Waals surface area (Å²) in [5, 5.41) is 0.793. The lowest BCUT2D eigenvalue weighted by Gasteiger charge is -2.36. The Morgan fingerprint density at radius 2 is 1.77 bits per heavy atom. The van der Waals surface area contributed by atoms with E-state index in [-0.39, 0.29) is 11.0 Å². The van der Waals surface area contributed by atoms with Crippen LogP contribution in [0.3, 0.4) is 0 Å². The number of rotatable bonds is 6. The van der Waals surface area contributed by atoms with Crippen LogP contribution in [0.5, 0.6) is 0 Å². The number of carbonyl (C=O) groups is 1. The molecule has 0 atom stereocenters. The van der Waals surface area contributed by atoms with Crippen molar-refractivity contribution in [2.45, 2.75) is 71.9 Å². The van der Waals surface area contributed by atoms with Crippen LogP contribution >= 0.6 is 11.6 Å². The maximum Gasteiger partial charge on any atom is 0.331 e. The molecule has 1 aliphatic rings.